The van der Waals surface area contributed by atoms with Gasteiger partial charge in [0.1, 0.15) is 30.5 Å². The predicted octanol–water partition coefficient (Wildman–Crippen LogP) is 4.89. The molecular weight excluding hydrogens is 824 g/mol. The van der Waals surface area contributed by atoms with E-state index < -0.39 is 0 Å². The molecule has 342 valence electrons. The monoisotopic (exact) mass is 886 g/mol. The average Bonchev–Trinajstić information content (AvgIpc) is 3.94. The van der Waals surface area contributed by atoms with Crippen molar-refractivity contribution in [3.63, 3.8) is 0 Å². The SMILES string of the molecule is COCCOCCOCCOCCOCCOCCOc1nn(C2CCC(N3C[C@@H](C)O[C@@H](C)C3)CC2)cc1Nc1ncc(-c2ccc(Cl)c(O[C@@H](C)Cn3cnnn3)c2)cn1. The van der Waals surface area contributed by atoms with E-state index in [1.54, 1.807) is 36.6 Å². The third kappa shape index (κ3) is 15.6. The lowest BCUT2D eigenvalue weighted by Crippen LogP contribution is -2.51. The zero-order chi connectivity index (χ0) is 43.4. The van der Waals surface area contributed by atoms with Crippen molar-refractivity contribution in [3.05, 3.63) is 48.1 Å². The van der Waals surface area contributed by atoms with Crippen LogP contribution in [0.25, 0.3) is 11.1 Å². The van der Waals surface area contributed by atoms with Crippen LogP contribution in [0.5, 0.6) is 11.6 Å². The molecule has 3 atom stereocenters. The number of benzene rings is 1. The summed E-state index contributed by atoms with van der Waals surface area (Å²) in [5.41, 5.74) is 2.33. The van der Waals surface area contributed by atoms with Gasteiger partial charge >= 0.3 is 0 Å². The van der Waals surface area contributed by atoms with Crippen LogP contribution >= 0.6 is 11.6 Å². The highest BCUT2D eigenvalue weighted by Crippen LogP contribution is 2.36. The topological polar surface area (TPSA) is 186 Å². The van der Waals surface area contributed by atoms with E-state index in [1.807, 2.05) is 29.9 Å². The molecule has 1 aromatic carbocycles. The number of nitrogens with one attached hydrogen (secondary N) is 1. The largest absolute Gasteiger partial charge is 0.487 e. The molecule has 20 heteroatoms. The van der Waals surface area contributed by atoms with Crippen LogP contribution in [0.4, 0.5) is 11.6 Å². The molecule has 0 spiro atoms. The first-order valence-corrected chi connectivity index (χ1v) is 22.0. The molecule has 2 aliphatic rings. The van der Waals surface area contributed by atoms with Gasteiger partial charge in [-0.1, -0.05) is 17.7 Å². The summed E-state index contributed by atoms with van der Waals surface area (Å²) >= 11 is 6.50. The Labute approximate surface area is 368 Å². The van der Waals surface area contributed by atoms with Gasteiger partial charge in [-0.3, -0.25) is 9.58 Å². The highest BCUT2D eigenvalue weighted by Gasteiger charge is 2.32. The number of morpholine rings is 1. The number of methoxy groups -OCH3 is 1. The number of halogens is 1. The van der Waals surface area contributed by atoms with Crippen molar-refractivity contribution in [3.8, 4) is 22.8 Å². The maximum absolute atomic E-state index is 6.50. The van der Waals surface area contributed by atoms with Gasteiger partial charge in [0.15, 0.2) is 0 Å². The fourth-order valence-electron chi connectivity index (χ4n) is 7.50. The molecule has 6 rings (SSSR count). The molecule has 19 nitrogen and oxygen atoms in total. The molecule has 1 aliphatic heterocycles. The minimum atomic E-state index is -0.226. The van der Waals surface area contributed by atoms with E-state index in [4.69, 9.17) is 59.3 Å². The van der Waals surface area contributed by atoms with E-state index in [2.05, 4.69) is 49.6 Å². The molecule has 1 N–H and O–H groups in total. The summed E-state index contributed by atoms with van der Waals surface area (Å²) in [4.78, 5) is 11.9. The van der Waals surface area contributed by atoms with Crippen molar-refractivity contribution in [2.24, 2.45) is 0 Å². The molecule has 2 fully saturated rings. The van der Waals surface area contributed by atoms with Gasteiger partial charge in [0.2, 0.25) is 5.95 Å². The molecule has 0 radical (unpaired) electrons. The Balaban J connectivity index is 0.977. The highest BCUT2D eigenvalue weighted by molar-refractivity contribution is 6.32. The summed E-state index contributed by atoms with van der Waals surface area (Å²) in [5.74, 6) is 1.41. The molecule has 1 aliphatic carbocycles. The molecule has 0 amide bonds. The zero-order valence-electron chi connectivity index (χ0n) is 36.4. The predicted molar refractivity (Wildman–Crippen MR) is 230 cm³/mol. The molecular formula is C42H63ClN10O9. The molecule has 1 saturated heterocycles. The van der Waals surface area contributed by atoms with Crippen molar-refractivity contribution >= 4 is 23.2 Å². The minimum Gasteiger partial charge on any atom is -0.487 e. The maximum atomic E-state index is 6.50. The molecule has 1 saturated carbocycles. The lowest BCUT2D eigenvalue weighted by atomic mass is 9.89. The standard InChI is InChI=1S/C42H63ClN10O9/c1-31-26-51(27-32(2)61-31)36-6-8-37(9-7-36)53-29-39(41(48-53)60-22-21-59-20-19-58-18-17-57-16-15-56-14-13-55-12-11-54-4)47-42-44-24-35(25-45-42)34-5-10-38(43)40(23-34)62-33(3)28-52-30-46-49-50-52/h5,10,23-25,29-33,36-37H,6-9,11-22,26-28H2,1-4H3,(H,44,45,47)/t31-,32+,33-,36?,37?/m0/s1. The minimum absolute atomic E-state index is 0.226. The van der Waals surface area contributed by atoms with Gasteiger partial charge in [-0.2, -0.15) is 0 Å². The van der Waals surface area contributed by atoms with E-state index >= 15 is 0 Å². The fourth-order valence-corrected chi connectivity index (χ4v) is 7.66. The lowest BCUT2D eigenvalue weighted by molar-refractivity contribution is -0.0852. The van der Waals surface area contributed by atoms with E-state index in [-0.39, 0.29) is 24.4 Å². The average molecular weight is 887 g/mol. The van der Waals surface area contributed by atoms with Crippen molar-refractivity contribution in [1.29, 1.82) is 0 Å². The quantitative estimate of drug-likeness (QED) is 0.0760. The molecule has 0 unspecified atom stereocenters. The summed E-state index contributed by atoms with van der Waals surface area (Å²) < 4.78 is 54.7. The summed E-state index contributed by atoms with van der Waals surface area (Å²) in [5, 5.41) is 20.0. The van der Waals surface area contributed by atoms with E-state index in [9.17, 15) is 0 Å². The Morgan fingerprint density at radius 2 is 1.39 bits per heavy atom. The van der Waals surface area contributed by atoms with Crippen LogP contribution in [-0.4, -0.2) is 169 Å². The highest BCUT2D eigenvalue weighted by atomic mass is 35.5. The Morgan fingerprint density at radius 1 is 0.790 bits per heavy atom. The van der Waals surface area contributed by atoms with Crippen LogP contribution in [0.2, 0.25) is 5.02 Å². The Bertz CT molecular complexity index is 1830. The van der Waals surface area contributed by atoms with Crippen molar-refractivity contribution < 1.29 is 42.6 Å². The van der Waals surface area contributed by atoms with Gasteiger partial charge in [-0.15, -0.1) is 10.2 Å². The molecule has 0 bridgehead atoms. The van der Waals surface area contributed by atoms with Crippen LogP contribution in [0.3, 0.4) is 0 Å². The van der Waals surface area contributed by atoms with Gasteiger partial charge in [0, 0.05) is 44.2 Å². The first-order chi connectivity index (χ1) is 30.3. The third-order valence-corrected chi connectivity index (χ3v) is 10.7. The molecule has 3 aromatic heterocycles. The van der Waals surface area contributed by atoms with Crippen LogP contribution in [0, 0.1) is 0 Å². The Morgan fingerprint density at radius 3 is 1.98 bits per heavy atom. The van der Waals surface area contributed by atoms with Crippen molar-refractivity contribution in [2.45, 2.75) is 83.4 Å². The number of ether oxygens (including phenoxy) is 9. The third-order valence-electron chi connectivity index (χ3n) is 10.4. The van der Waals surface area contributed by atoms with E-state index in [0.717, 1.165) is 49.9 Å². The van der Waals surface area contributed by atoms with Crippen LogP contribution in [-0.2, 0) is 39.7 Å². The van der Waals surface area contributed by atoms with Crippen molar-refractivity contribution in [1.82, 2.24) is 44.9 Å². The smallest absolute Gasteiger partial charge is 0.257 e. The van der Waals surface area contributed by atoms with Gasteiger partial charge < -0.3 is 47.9 Å². The maximum Gasteiger partial charge on any atom is 0.257 e. The van der Waals surface area contributed by atoms with E-state index in [1.165, 1.54) is 0 Å². The number of aromatic nitrogens is 8. The number of rotatable bonds is 28. The van der Waals surface area contributed by atoms with Gasteiger partial charge in [0.25, 0.3) is 5.88 Å². The van der Waals surface area contributed by atoms with Crippen LogP contribution in [0.15, 0.2) is 43.1 Å². The molecule has 4 heterocycles. The summed E-state index contributed by atoms with van der Waals surface area (Å²) in [7, 11) is 1.65. The van der Waals surface area contributed by atoms with Crippen molar-refractivity contribution in [2.75, 3.05) is 105 Å². The second-order valence-electron chi connectivity index (χ2n) is 15.4. The number of hydrogen-bond donors (Lipinski definition) is 1. The van der Waals surface area contributed by atoms with Gasteiger partial charge in [0.05, 0.1) is 109 Å². The number of nitrogens with zero attached hydrogens (tertiary/aromatic N) is 9. The summed E-state index contributed by atoms with van der Waals surface area (Å²) in [6, 6.07) is 6.38. The first-order valence-electron chi connectivity index (χ1n) is 21.6. The summed E-state index contributed by atoms with van der Waals surface area (Å²) in [6.07, 6.45) is 11.6. The van der Waals surface area contributed by atoms with E-state index in [0.29, 0.717) is 120 Å². The molecule has 62 heavy (non-hydrogen) atoms. The van der Waals surface area contributed by atoms with Gasteiger partial charge in [-0.25, -0.2) is 14.6 Å². The van der Waals surface area contributed by atoms with Crippen LogP contribution in [0.1, 0.15) is 52.5 Å². The second-order valence-corrected chi connectivity index (χ2v) is 15.8. The number of hydrogen-bond acceptors (Lipinski definition) is 17. The lowest BCUT2D eigenvalue weighted by Gasteiger charge is -2.42. The summed E-state index contributed by atoms with van der Waals surface area (Å²) in [6.45, 7) is 14.4. The number of anilines is 2. The number of tetrazole rings is 1. The molecule has 4 aromatic rings. The fraction of sp³-hybridized carbons (Fsp3) is 0.667. The zero-order valence-corrected chi connectivity index (χ0v) is 37.2. The normalized spacial score (nSPS) is 20.0. The van der Waals surface area contributed by atoms with Gasteiger partial charge in [-0.05, 0) is 74.6 Å². The Kier molecular flexibility index (Phi) is 19.8. The first kappa shape index (κ1) is 47.4. The second kappa shape index (κ2) is 25.9. The van der Waals surface area contributed by atoms with Crippen LogP contribution < -0.4 is 14.8 Å². The Hall–Kier alpha value is -4.05.